The van der Waals surface area contributed by atoms with E-state index in [0.29, 0.717) is 11.2 Å². The van der Waals surface area contributed by atoms with Gasteiger partial charge in [-0.3, -0.25) is 14.2 Å². The number of esters is 1. The first kappa shape index (κ1) is 16.3. The molecule has 0 bridgehead atoms. The number of ether oxygens (including phenoxy) is 2. The van der Waals surface area contributed by atoms with Gasteiger partial charge < -0.3 is 20.3 Å². The largest absolute Gasteiger partial charge is 0.452 e. The summed E-state index contributed by atoms with van der Waals surface area (Å²) in [5.41, 5.74) is 6.53. The number of imidazole rings is 1. The minimum Gasteiger partial charge on any atom is -0.452 e. The summed E-state index contributed by atoms with van der Waals surface area (Å²) in [5, 5.41) is 10.3. The number of aliphatic hydroxyl groups excluding tert-OH is 1. The topological polar surface area (TPSA) is 142 Å². The van der Waals surface area contributed by atoms with Crippen LogP contribution in [0.5, 0.6) is 0 Å². The maximum absolute atomic E-state index is 11.7. The van der Waals surface area contributed by atoms with Gasteiger partial charge in [-0.05, 0) is 6.92 Å². The van der Waals surface area contributed by atoms with Gasteiger partial charge in [0, 0.05) is 13.3 Å². The number of nitrogen functional groups attached to an aromatic ring is 1. The standard InChI is InChI=1S/C14H17N5O5/c1-6(20)11(23-7(2)21)9-3-8(22)14(24-9)19-5-18-10-12(15)16-4-17-13(10)19/h4-5,8-9,11,14,22H,3H2,1-2H3,(H2,15,16,17)/t8-,9+,11?,14-/m1/s1. The van der Waals surface area contributed by atoms with Crippen LogP contribution in [-0.4, -0.2) is 54.7 Å². The van der Waals surface area contributed by atoms with Crippen molar-refractivity contribution < 1.29 is 24.2 Å². The van der Waals surface area contributed by atoms with E-state index in [0.717, 1.165) is 0 Å². The molecule has 1 aliphatic rings. The Balaban J connectivity index is 1.89. The zero-order chi connectivity index (χ0) is 17.4. The lowest BCUT2D eigenvalue weighted by Crippen LogP contribution is -2.36. The summed E-state index contributed by atoms with van der Waals surface area (Å²) in [7, 11) is 0. The van der Waals surface area contributed by atoms with Crippen LogP contribution in [0.15, 0.2) is 12.7 Å². The Kier molecular flexibility index (Phi) is 4.16. The number of hydrogen-bond donors (Lipinski definition) is 2. The second-order valence-electron chi connectivity index (χ2n) is 5.59. The van der Waals surface area contributed by atoms with E-state index in [1.165, 1.54) is 31.1 Å². The molecule has 0 aliphatic carbocycles. The number of anilines is 1. The monoisotopic (exact) mass is 335 g/mol. The summed E-state index contributed by atoms with van der Waals surface area (Å²) in [6.07, 6.45) is -0.748. The molecule has 2 aromatic heterocycles. The SMILES string of the molecule is CC(=O)OC(C(C)=O)[C@@H]1C[C@@H](O)[C@H](n2cnc3c(N)ncnc32)O1. The molecule has 0 radical (unpaired) electrons. The van der Waals surface area contributed by atoms with Gasteiger partial charge in [-0.1, -0.05) is 0 Å². The molecule has 4 atom stereocenters. The quantitative estimate of drug-likeness (QED) is 0.712. The van der Waals surface area contributed by atoms with E-state index in [1.807, 2.05) is 0 Å². The van der Waals surface area contributed by atoms with Crippen molar-refractivity contribution in [2.45, 2.75) is 44.8 Å². The Hall–Kier alpha value is -2.59. The first-order valence-corrected chi connectivity index (χ1v) is 7.32. The van der Waals surface area contributed by atoms with E-state index >= 15 is 0 Å². The van der Waals surface area contributed by atoms with E-state index < -0.39 is 30.5 Å². The first-order chi connectivity index (χ1) is 11.4. The number of aliphatic hydroxyl groups is 1. The van der Waals surface area contributed by atoms with E-state index in [4.69, 9.17) is 15.2 Å². The predicted octanol–water partition coefficient (Wildman–Crippen LogP) is -0.422. The zero-order valence-corrected chi connectivity index (χ0v) is 13.1. The van der Waals surface area contributed by atoms with Gasteiger partial charge in [-0.15, -0.1) is 0 Å². The van der Waals surface area contributed by atoms with E-state index in [9.17, 15) is 14.7 Å². The van der Waals surface area contributed by atoms with Crippen molar-refractivity contribution in [2.24, 2.45) is 0 Å². The van der Waals surface area contributed by atoms with Crippen LogP contribution in [0.1, 0.15) is 26.5 Å². The number of nitrogens with zero attached hydrogens (tertiary/aromatic N) is 4. The Bertz CT molecular complexity index is 791. The van der Waals surface area contributed by atoms with E-state index in [-0.39, 0.29) is 18.0 Å². The second kappa shape index (κ2) is 6.13. The third-order valence-corrected chi connectivity index (χ3v) is 3.81. The van der Waals surface area contributed by atoms with Crippen LogP contribution in [0.25, 0.3) is 11.2 Å². The molecule has 0 saturated carbocycles. The van der Waals surface area contributed by atoms with Gasteiger partial charge in [-0.25, -0.2) is 15.0 Å². The third-order valence-electron chi connectivity index (χ3n) is 3.81. The summed E-state index contributed by atoms with van der Waals surface area (Å²) >= 11 is 0. The van der Waals surface area contributed by atoms with Gasteiger partial charge in [0.2, 0.25) is 0 Å². The molecule has 24 heavy (non-hydrogen) atoms. The fourth-order valence-corrected chi connectivity index (χ4v) is 2.78. The molecule has 10 heteroatoms. The van der Waals surface area contributed by atoms with Crippen LogP contribution in [0, 0.1) is 0 Å². The molecule has 1 aliphatic heterocycles. The highest BCUT2D eigenvalue weighted by Gasteiger charge is 2.43. The smallest absolute Gasteiger partial charge is 0.303 e. The predicted molar refractivity (Wildman–Crippen MR) is 80.5 cm³/mol. The summed E-state index contributed by atoms with van der Waals surface area (Å²) < 4.78 is 12.3. The van der Waals surface area contributed by atoms with Crippen LogP contribution in [0.4, 0.5) is 5.82 Å². The normalized spacial score (nSPS) is 24.9. The van der Waals surface area contributed by atoms with Crippen molar-refractivity contribution in [1.82, 2.24) is 19.5 Å². The third kappa shape index (κ3) is 2.81. The number of ketones is 1. The lowest BCUT2D eigenvalue weighted by atomic mass is 10.1. The van der Waals surface area contributed by atoms with Crippen molar-refractivity contribution in [3.8, 4) is 0 Å². The molecule has 3 rings (SSSR count). The lowest BCUT2D eigenvalue weighted by molar-refractivity contribution is -0.163. The average Bonchev–Trinajstić information content (AvgIpc) is 3.08. The molecule has 3 heterocycles. The highest BCUT2D eigenvalue weighted by Crippen LogP contribution is 2.33. The molecule has 3 N–H and O–H groups in total. The van der Waals surface area contributed by atoms with E-state index in [2.05, 4.69) is 15.0 Å². The molecule has 1 saturated heterocycles. The fraction of sp³-hybridized carbons (Fsp3) is 0.500. The van der Waals surface area contributed by atoms with Gasteiger partial charge in [0.05, 0.1) is 6.33 Å². The van der Waals surface area contributed by atoms with Crippen LogP contribution in [-0.2, 0) is 19.1 Å². The van der Waals surface area contributed by atoms with E-state index in [1.54, 1.807) is 0 Å². The van der Waals surface area contributed by atoms with Crippen molar-refractivity contribution in [2.75, 3.05) is 5.73 Å². The van der Waals surface area contributed by atoms with Gasteiger partial charge >= 0.3 is 5.97 Å². The molecule has 0 spiro atoms. The summed E-state index contributed by atoms with van der Waals surface area (Å²) in [6.45, 7) is 2.51. The highest BCUT2D eigenvalue weighted by atomic mass is 16.6. The van der Waals surface area contributed by atoms with Crippen molar-refractivity contribution in [3.63, 3.8) is 0 Å². The number of fused-ring (bicyclic) bond motifs is 1. The number of carbonyl (C=O) groups excluding carboxylic acids is 2. The summed E-state index contributed by atoms with van der Waals surface area (Å²) in [4.78, 5) is 35.0. The minimum atomic E-state index is -1.07. The maximum atomic E-state index is 11.7. The lowest BCUT2D eigenvalue weighted by Gasteiger charge is -2.21. The number of rotatable bonds is 4. The molecule has 128 valence electrons. The summed E-state index contributed by atoms with van der Waals surface area (Å²) in [5.74, 6) is -0.736. The molecule has 1 fully saturated rings. The molecule has 10 nitrogen and oxygen atoms in total. The van der Waals surface area contributed by atoms with Crippen molar-refractivity contribution in [1.29, 1.82) is 0 Å². The molecule has 2 aromatic rings. The highest BCUT2D eigenvalue weighted by molar-refractivity contribution is 5.84. The second-order valence-corrected chi connectivity index (χ2v) is 5.59. The fourth-order valence-electron chi connectivity index (χ4n) is 2.78. The molecule has 1 unspecified atom stereocenters. The minimum absolute atomic E-state index is 0.127. The first-order valence-electron chi connectivity index (χ1n) is 7.32. The molecular formula is C14H17N5O5. The van der Waals surface area contributed by atoms with Crippen LogP contribution >= 0.6 is 0 Å². The number of hydrogen-bond acceptors (Lipinski definition) is 9. The molecule has 0 aromatic carbocycles. The summed E-state index contributed by atoms with van der Waals surface area (Å²) in [6, 6.07) is 0. The Morgan fingerprint density at radius 3 is 2.83 bits per heavy atom. The molecule has 0 amide bonds. The number of aromatic nitrogens is 4. The van der Waals surface area contributed by atoms with Gasteiger partial charge in [0.1, 0.15) is 24.1 Å². The zero-order valence-electron chi connectivity index (χ0n) is 13.1. The van der Waals surface area contributed by atoms with Crippen molar-refractivity contribution >= 4 is 28.7 Å². The Morgan fingerprint density at radius 2 is 2.17 bits per heavy atom. The Morgan fingerprint density at radius 1 is 1.42 bits per heavy atom. The van der Waals surface area contributed by atoms with Gasteiger partial charge in [0.25, 0.3) is 0 Å². The number of carbonyl (C=O) groups is 2. The van der Waals surface area contributed by atoms with Crippen LogP contribution < -0.4 is 5.73 Å². The number of nitrogens with two attached hydrogens (primary N) is 1. The maximum Gasteiger partial charge on any atom is 0.303 e. The van der Waals surface area contributed by atoms with Crippen LogP contribution in [0.2, 0.25) is 0 Å². The number of Topliss-reactive ketones (excluding diaryl/α,β-unsaturated/α-hetero) is 1. The van der Waals surface area contributed by atoms with Crippen LogP contribution in [0.3, 0.4) is 0 Å². The van der Waals surface area contributed by atoms with Crippen molar-refractivity contribution in [3.05, 3.63) is 12.7 Å². The van der Waals surface area contributed by atoms with Gasteiger partial charge in [-0.2, -0.15) is 0 Å². The molecular weight excluding hydrogens is 318 g/mol. The Labute approximate surface area is 136 Å². The average molecular weight is 335 g/mol. The van der Waals surface area contributed by atoms with Gasteiger partial charge in [0.15, 0.2) is 29.6 Å².